The van der Waals surface area contributed by atoms with Gasteiger partial charge < -0.3 is 11.1 Å². The summed E-state index contributed by atoms with van der Waals surface area (Å²) >= 11 is 0. The van der Waals surface area contributed by atoms with Crippen LogP contribution in [0, 0.1) is 11.3 Å². The highest BCUT2D eigenvalue weighted by molar-refractivity contribution is 5.85. The molecule has 118 valence electrons. The predicted octanol–water partition coefficient (Wildman–Crippen LogP) is 3.44. The monoisotopic (exact) mass is 310 g/mol. The van der Waals surface area contributed by atoms with E-state index < -0.39 is 0 Å². The highest BCUT2D eigenvalue weighted by Crippen LogP contribution is 2.50. The molecule has 1 amide bonds. The molecule has 0 spiro atoms. The number of hydrogen-bond acceptors (Lipinski definition) is 2. The van der Waals surface area contributed by atoms with Crippen molar-refractivity contribution >= 4 is 18.3 Å². The van der Waals surface area contributed by atoms with Crippen molar-refractivity contribution in [2.24, 2.45) is 17.1 Å². The molecule has 1 aliphatic carbocycles. The molecule has 1 saturated carbocycles. The lowest BCUT2D eigenvalue weighted by Crippen LogP contribution is -2.33. The molecule has 1 atom stereocenters. The molecule has 2 rings (SSSR count). The molecular weight excluding hydrogens is 284 g/mol. The summed E-state index contributed by atoms with van der Waals surface area (Å²) in [4.78, 5) is 12.0. The molecule has 1 aromatic carbocycles. The van der Waals surface area contributed by atoms with Crippen LogP contribution in [0.15, 0.2) is 30.3 Å². The molecule has 0 bridgehead atoms. The number of nitrogens with one attached hydrogen (secondary N) is 1. The third-order valence-electron chi connectivity index (χ3n) is 4.09. The lowest BCUT2D eigenvalue weighted by molar-refractivity contribution is -0.121. The van der Waals surface area contributed by atoms with Gasteiger partial charge in [0.2, 0.25) is 5.91 Å². The van der Waals surface area contributed by atoms with Crippen LogP contribution in [0.25, 0.3) is 0 Å². The third-order valence-corrected chi connectivity index (χ3v) is 4.09. The van der Waals surface area contributed by atoms with E-state index in [9.17, 15) is 4.79 Å². The van der Waals surface area contributed by atoms with Crippen molar-refractivity contribution in [3.8, 4) is 0 Å². The Bertz CT molecular complexity index is 443. The van der Waals surface area contributed by atoms with Crippen LogP contribution in [0.1, 0.15) is 51.1 Å². The van der Waals surface area contributed by atoms with Crippen molar-refractivity contribution < 1.29 is 4.79 Å². The third kappa shape index (κ3) is 5.68. The van der Waals surface area contributed by atoms with E-state index >= 15 is 0 Å². The first-order valence-corrected chi connectivity index (χ1v) is 7.58. The Morgan fingerprint density at radius 3 is 2.43 bits per heavy atom. The lowest BCUT2D eigenvalue weighted by atomic mass is 9.94. The largest absolute Gasteiger partial charge is 0.355 e. The van der Waals surface area contributed by atoms with Crippen LogP contribution >= 0.6 is 12.4 Å². The minimum absolute atomic E-state index is 0. The smallest absolute Gasteiger partial charge is 0.221 e. The highest BCUT2D eigenvalue weighted by atomic mass is 35.5. The first kappa shape index (κ1) is 18.0. The van der Waals surface area contributed by atoms with Gasteiger partial charge in [0, 0.05) is 19.0 Å². The van der Waals surface area contributed by atoms with Gasteiger partial charge in [-0.3, -0.25) is 4.79 Å². The molecule has 0 radical (unpaired) electrons. The first-order valence-electron chi connectivity index (χ1n) is 7.58. The van der Waals surface area contributed by atoms with E-state index in [0.717, 1.165) is 12.1 Å². The molecule has 1 aliphatic rings. The van der Waals surface area contributed by atoms with E-state index in [1.54, 1.807) is 0 Å². The maximum absolute atomic E-state index is 12.0. The number of nitrogens with two attached hydrogens (primary N) is 1. The second-order valence-corrected chi connectivity index (χ2v) is 6.60. The van der Waals surface area contributed by atoms with Crippen LogP contribution in [-0.4, -0.2) is 12.5 Å². The standard InChI is InChI=1S/C17H26N2O.ClH/c1-13(2)11-17(8-9-17)12-19-16(20)10-15(18)14-6-4-3-5-7-14;/h3-7,13,15H,8-12,18H2,1-2H3,(H,19,20);1H. The second-order valence-electron chi connectivity index (χ2n) is 6.60. The summed E-state index contributed by atoms with van der Waals surface area (Å²) in [6.07, 6.45) is 4.06. The number of amides is 1. The van der Waals surface area contributed by atoms with Crippen LogP contribution in [0.5, 0.6) is 0 Å². The van der Waals surface area contributed by atoms with Gasteiger partial charge in [-0.1, -0.05) is 44.2 Å². The van der Waals surface area contributed by atoms with Crippen molar-refractivity contribution in [2.75, 3.05) is 6.54 Å². The van der Waals surface area contributed by atoms with Gasteiger partial charge in [0.05, 0.1) is 0 Å². The maximum atomic E-state index is 12.0. The van der Waals surface area contributed by atoms with E-state index in [2.05, 4.69) is 19.2 Å². The average Bonchev–Trinajstić information content (AvgIpc) is 3.17. The fourth-order valence-corrected chi connectivity index (χ4v) is 2.87. The summed E-state index contributed by atoms with van der Waals surface area (Å²) in [5.74, 6) is 0.761. The number of carbonyl (C=O) groups is 1. The maximum Gasteiger partial charge on any atom is 0.221 e. The number of halogens is 1. The van der Waals surface area contributed by atoms with Gasteiger partial charge in [-0.25, -0.2) is 0 Å². The zero-order valence-corrected chi connectivity index (χ0v) is 13.8. The van der Waals surface area contributed by atoms with Crippen molar-refractivity contribution in [1.82, 2.24) is 5.32 Å². The number of benzene rings is 1. The van der Waals surface area contributed by atoms with E-state index in [-0.39, 0.29) is 24.4 Å². The van der Waals surface area contributed by atoms with Gasteiger partial charge in [0.1, 0.15) is 0 Å². The van der Waals surface area contributed by atoms with E-state index in [1.807, 2.05) is 30.3 Å². The molecule has 4 heteroatoms. The van der Waals surface area contributed by atoms with Crippen molar-refractivity contribution in [3.63, 3.8) is 0 Å². The van der Waals surface area contributed by atoms with Crippen molar-refractivity contribution in [2.45, 2.75) is 45.6 Å². The Morgan fingerprint density at radius 1 is 1.29 bits per heavy atom. The summed E-state index contributed by atoms with van der Waals surface area (Å²) in [7, 11) is 0. The highest BCUT2D eigenvalue weighted by Gasteiger charge is 2.42. The summed E-state index contributed by atoms with van der Waals surface area (Å²) < 4.78 is 0. The molecule has 1 unspecified atom stereocenters. The van der Waals surface area contributed by atoms with Crippen LogP contribution in [0.4, 0.5) is 0 Å². The van der Waals surface area contributed by atoms with Crippen molar-refractivity contribution in [1.29, 1.82) is 0 Å². The topological polar surface area (TPSA) is 55.1 Å². The molecule has 21 heavy (non-hydrogen) atoms. The van der Waals surface area contributed by atoms with Gasteiger partial charge in [0.15, 0.2) is 0 Å². The average molecular weight is 311 g/mol. The van der Waals surface area contributed by atoms with Crippen LogP contribution in [0.2, 0.25) is 0 Å². The molecule has 1 fully saturated rings. The Kier molecular flexibility index (Phi) is 6.69. The van der Waals surface area contributed by atoms with Crippen LogP contribution in [-0.2, 0) is 4.79 Å². The summed E-state index contributed by atoms with van der Waals surface area (Å²) in [5.41, 5.74) is 7.47. The normalized spacial score (nSPS) is 17.0. The number of hydrogen-bond donors (Lipinski definition) is 2. The van der Waals surface area contributed by atoms with E-state index in [4.69, 9.17) is 5.73 Å². The molecule has 0 aromatic heterocycles. The fraction of sp³-hybridized carbons (Fsp3) is 0.588. The molecule has 0 heterocycles. The summed E-state index contributed by atoms with van der Waals surface area (Å²) in [6, 6.07) is 9.60. The molecule has 1 aromatic rings. The SMILES string of the molecule is CC(C)CC1(CNC(=O)CC(N)c2ccccc2)CC1.Cl. The van der Waals surface area contributed by atoms with Gasteiger partial charge in [0.25, 0.3) is 0 Å². The van der Waals surface area contributed by atoms with Gasteiger partial charge in [-0.2, -0.15) is 0 Å². The summed E-state index contributed by atoms with van der Waals surface area (Å²) in [5, 5.41) is 3.07. The Morgan fingerprint density at radius 2 is 1.90 bits per heavy atom. The number of carbonyl (C=O) groups excluding carboxylic acids is 1. The minimum atomic E-state index is -0.212. The van der Waals surface area contributed by atoms with Crippen LogP contribution in [0.3, 0.4) is 0 Å². The second kappa shape index (κ2) is 7.81. The number of rotatable bonds is 7. The quantitative estimate of drug-likeness (QED) is 0.810. The van der Waals surface area contributed by atoms with Gasteiger partial charge in [-0.15, -0.1) is 12.4 Å². The predicted molar refractivity (Wildman–Crippen MR) is 89.4 cm³/mol. The minimum Gasteiger partial charge on any atom is -0.355 e. The van der Waals surface area contributed by atoms with E-state index in [1.165, 1.54) is 19.3 Å². The molecule has 3 N–H and O–H groups in total. The Balaban J connectivity index is 0.00000220. The Labute approximate surface area is 134 Å². The van der Waals surface area contributed by atoms with Gasteiger partial charge in [-0.05, 0) is 36.2 Å². The Hall–Kier alpha value is -1.06. The van der Waals surface area contributed by atoms with Crippen molar-refractivity contribution in [3.05, 3.63) is 35.9 Å². The molecule has 3 nitrogen and oxygen atoms in total. The lowest BCUT2D eigenvalue weighted by Gasteiger charge is -2.19. The molecule has 0 saturated heterocycles. The van der Waals surface area contributed by atoms with Crippen LogP contribution < -0.4 is 11.1 Å². The fourth-order valence-electron chi connectivity index (χ4n) is 2.87. The van der Waals surface area contributed by atoms with Gasteiger partial charge >= 0.3 is 0 Å². The van der Waals surface area contributed by atoms with E-state index in [0.29, 0.717) is 17.8 Å². The molecular formula is C17H27ClN2O. The zero-order valence-electron chi connectivity index (χ0n) is 13.0. The molecule has 0 aliphatic heterocycles. The zero-order chi connectivity index (χ0) is 14.6. The summed E-state index contributed by atoms with van der Waals surface area (Å²) in [6.45, 7) is 5.30. The first-order chi connectivity index (χ1) is 9.51.